The molecule has 0 spiro atoms. The number of fused-ring (bicyclic) bond motifs is 1. The van der Waals surface area contributed by atoms with Crippen molar-refractivity contribution in [3.63, 3.8) is 0 Å². The second kappa shape index (κ2) is 11.0. The van der Waals surface area contributed by atoms with Gasteiger partial charge in [0.1, 0.15) is 12.3 Å². The molecule has 0 aromatic heterocycles. The summed E-state index contributed by atoms with van der Waals surface area (Å²) in [5.74, 6) is -3.52. The fourth-order valence-corrected chi connectivity index (χ4v) is 6.32. The van der Waals surface area contributed by atoms with Gasteiger partial charge in [-0.3, -0.25) is 19.7 Å². The summed E-state index contributed by atoms with van der Waals surface area (Å²) < 4.78 is 39.2. The fourth-order valence-electron chi connectivity index (χ4n) is 6.32. The topological polar surface area (TPSA) is 135 Å². The summed E-state index contributed by atoms with van der Waals surface area (Å²) in [5, 5.41) is 28.8. The largest absolute Gasteiger partial charge is 0.471 e. The molecule has 7 atom stereocenters. The van der Waals surface area contributed by atoms with Crippen LogP contribution in [0.2, 0.25) is 0 Å². The van der Waals surface area contributed by atoms with Gasteiger partial charge in [-0.05, 0) is 56.8 Å². The van der Waals surface area contributed by atoms with Gasteiger partial charge in [-0.1, -0.05) is 33.6 Å². The number of nitriles is 1. The van der Waals surface area contributed by atoms with Gasteiger partial charge in [-0.25, -0.2) is 0 Å². The van der Waals surface area contributed by atoms with Gasteiger partial charge in [0.15, 0.2) is 0 Å². The molecule has 0 aromatic carbocycles. The predicted molar refractivity (Wildman–Crippen MR) is 132 cm³/mol. The summed E-state index contributed by atoms with van der Waals surface area (Å²) in [6, 6.07) is -1.03. The maximum absolute atomic E-state index is 13.7. The Hall–Kier alpha value is -2.39. The Kier molecular flexibility index (Phi) is 8.73. The lowest BCUT2D eigenvalue weighted by Gasteiger charge is -2.39. The number of nitrogens with zero attached hydrogens (tertiary/aromatic N) is 2. The number of halogens is 3. The van der Waals surface area contributed by atoms with E-state index in [1.807, 2.05) is 19.2 Å². The molecule has 12 heteroatoms. The average Bonchev–Trinajstić information content (AvgIpc) is 3.30. The van der Waals surface area contributed by atoms with Gasteiger partial charge in [-0.15, -0.1) is 0 Å². The molecule has 4 N–H and O–H groups in total. The first-order chi connectivity index (χ1) is 17.4. The van der Waals surface area contributed by atoms with Gasteiger partial charge in [0.2, 0.25) is 11.8 Å². The minimum absolute atomic E-state index is 0.0510. The van der Waals surface area contributed by atoms with Crippen LogP contribution in [0.3, 0.4) is 0 Å². The van der Waals surface area contributed by atoms with Crippen LogP contribution in [-0.2, 0) is 14.4 Å². The van der Waals surface area contributed by atoms with Crippen LogP contribution >= 0.6 is 0 Å². The lowest BCUT2D eigenvalue weighted by molar-refractivity contribution is -0.176. The van der Waals surface area contributed by atoms with Crippen LogP contribution in [0.25, 0.3) is 0 Å². The molecule has 38 heavy (non-hydrogen) atoms. The van der Waals surface area contributed by atoms with E-state index in [9.17, 15) is 37.9 Å². The van der Waals surface area contributed by atoms with Crippen LogP contribution in [0.1, 0.15) is 73.1 Å². The summed E-state index contributed by atoms with van der Waals surface area (Å²) in [6.45, 7) is 8.74. The van der Waals surface area contributed by atoms with E-state index in [-0.39, 0.29) is 30.7 Å². The molecule has 3 fully saturated rings. The molecule has 3 rings (SSSR count). The van der Waals surface area contributed by atoms with E-state index in [1.165, 1.54) is 4.90 Å². The molecular weight excluding hydrogens is 503 g/mol. The predicted octanol–water partition coefficient (Wildman–Crippen LogP) is 2.20. The first-order valence-corrected chi connectivity index (χ1v) is 13.3. The van der Waals surface area contributed by atoms with Gasteiger partial charge in [0, 0.05) is 18.0 Å². The molecule has 1 aliphatic carbocycles. The van der Waals surface area contributed by atoms with Crippen molar-refractivity contribution in [2.75, 3.05) is 6.54 Å². The van der Waals surface area contributed by atoms with Crippen LogP contribution in [-0.4, -0.2) is 70.3 Å². The van der Waals surface area contributed by atoms with Crippen molar-refractivity contribution in [2.45, 2.75) is 109 Å². The molecule has 2 aliphatic heterocycles. The maximum atomic E-state index is 13.7. The van der Waals surface area contributed by atoms with Gasteiger partial charge in [0.25, 0.3) is 0 Å². The van der Waals surface area contributed by atoms with Crippen LogP contribution in [0, 0.1) is 34.5 Å². The van der Waals surface area contributed by atoms with Crippen LogP contribution < -0.4 is 16.0 Å². The second-order valence-electron chi connectivity index (χ2n) is 12.8. The first-order valence-electron chi connectivity index (χ1n) is 13.3. The highest BCUT2D eigenvalue weighted by atomic mass is 19.4. The Morgan fingerprint density at radius 2 is 1.87 bits per heavy atom. The van der Waals surface area contributed by atoms with Crippen molar-refractivity contribution < 1.29 is 32.7 Å². The van der Waals surface area contributed by atoms with Gasteiger partial charge in [-0.2, -0.15) is 18.4 Å². The third kappa shape index (κ3) is 6.78. The average molecular weight is 544 g/mol. The first kappa shape index (κ1) is 30.2. The van der Waals surface area contributed by atoms with E-state index in [0.717, 1.165) is 25.7 Å². The molecule has 2 heterocycles. The van der Waals surface area contributed by atoms with Crippen LogP contribution in [0.5, 0.6) is 0 Å². The summed E-state index contributed by atoms with van der Waals surface area (Å²) in [7, 11) is 0. The zero-order chi connectivity index (χ0) is 28.6. The quantitative estimate of drug-likeness (QED) is 0.364. The number of likely N-dealkylation sites (tertiary alicyclic amines) is 1. The summed E-state index contributed by atoms with van der Waals surface area (Å²) in [4.78, 5) is 39.3. The summed E-state index contributed by atoms with van der Waals surface area (Å²) in [6.07, 6.45) is -2.41. The zero-order valence-corrected chi connectivity index (χ0v) is 22.7. The summed E-state index contributed by atoms with van der Waals surface area (Å²) >= 11 is 0. The Balaban J connectivity index is 1.83. The normalized spacial score (nSPS) is 29.6. The molecule has 0 radical (unpaired) electrons. The standard InChI is InChI=1S/C26H40F3N5O4/c1-24(2,3)19(32-23(38)26(27,28)29)22(37)34-13-14-8-6-7-9-17(14)18(34)21(36)31-16(12-30)10-15-11-25(4,5)33-20(15)35/h14-19,21,31,36H,6-11,13H2,1-5H3,(H,32,38)(H,33,35)/t14-,15+,16-,17-,18-,19+,21?/m0/s1. The number of nitrogens with one attached hydrogen (secondary N) is 3. The lowest BCUT2D eigenvalue weighted by atomic mass is 9.78. The zero-order valence-electron chi connectivity index (χ0n) is 22.7. The molecule has 0 bridgehead atoms. The minimum Gasteiger partial charge on any atom is -0.376 e. The lowest BCUT2D eigenvalue weighted by Crippen LogP contribution is -2.61. The monoisotopic (exact) mass is 543 g/mol. The molecule has 9 nitrogen and oxygen atoms in total. The third-order valence-electron chi connectivity index (χ3n) is 8.09. The number of rotatable bonds is 7. The highest BCUT2D eigenvalue weighted by Crippen LogP contribution is 2.42. The van der Waals surface area contributed by atoms with Gasteiger partial charge in [0.05, 0.1) is 18.2 Å². The number of aliphatic hydroxyl groups excluding tert-OH is 1. The number of hydrogen-bond donors (Lipinski definition) is 4. The highest BCUT2D eigenvalue weighted by molar-refractivity contribution is 5.90. The number of hydrogen-bond acceptors (Lipinski definition) is 6. The highest BCUT2D eigenvalue weighted by Gasteiger charge is 2.52. The van der Waals surface area contributed by atoms with E-state index < -0.39 is 59.2 Å². The molecule has 2 saturated heterocycles. The van der Waals surface area contributed by atoms with Crippen LogP contribution in [0.15, 0.2) is 0 Å². The van der Waals surface area contributed by atoms with Crippen molar-refractivity contribution in [2.24, 2.45) is 23.2 Å². The number of carbonyl (C=O) groups excluding carboxylic acids is 3. The fraction of sp³-hybridized carbons (Fsp3) is 0.846. The van der Waals surface area contributed by atoms with Crippen molar-refractivity contribution in [1.82, 2.24) is 20.9 Å². The second-order valence-corrected chi connectivity index (χ2v) is 12.8. The van der Waals surface area contributed by atoms with E-state index in [2.05, 4.69) is 16.7 Å². The van der Waals surface area contributed by atoms with Crippen LogP contribution in [0.4, 0.5) is 13.2 Å². The van der Waals surface area contributed by atoms with Gasteiger partial charge >= 0.3 is 12.1 Å². The molecule has 3 amide bonds. The molecule has 0 aromatic rings. The molecule has 1 saturated carbocycles. The number of carbonyl (C=O) groups is 3. The Labute approximate surface area is 221 Å². The number of alkyl halides is 3. The number of amides is 3. The van der Waals surface area contributed by atoms with Crippen molar-refractivity contribution in [3.8, 4) is 6.07 Å². The van der Waals surface area contributed by atoms with E-state index in [1.54, 1.807) is 20.8 Å². The molecule has 214 valence electrons. The molecular formula is C26H40F3N5O4. The van der Waals surface area contributed by atoms with Crippen molar-refractivity contribution in [3.05, 3.63) is 0 Å². The van der Waals surface area contributed by atoms with Gasteiger partial charge < -0.3 is 20.6 Å². The van der Waals surface area contributed by atoms with E-state index in [4.69, 9.17) is 0 Å². The Bertz CT molecular complexity index is 958. The minimum atomic E-state index is -5.15. The molecule has 1 unspecified atom stereocenters. The van der Waals surface area contributed by atoms with Crippen molar-refractivity contribution >= 4 is 17.7 Å². The third-order valence-corrected chi connectivity index (χ3v) is 8.09. The van der Waals surface area contributed by atoms with E-state index in [0.29, 0.717) is 6.42 Å². The van der Waals surface area contributed by atoms with E-state index >= 15 is 0 Å². The molecule has 3 aliphatic rings. The summed E-state index contributed by atoms with van der Waals surface area (Å²) in [5.41, 5.74) is -1.43. The van der Waals surface area contributed by atoms with Crippen molar-refractivity contribution in [1.29, 1.82) is 5.26 Å². The smallest absolute Gasteiger partial charge is 0.376 e. The number of aliphatic hydroxyl groups is 1. The Morgan fingerprint density at radius 1 is 1.24 bits per heavy atom. The maximum Gasteiger partial charge on any atom is 0.471 e. The SMILES string of the molecule is CC1(C)C[C@@H](C[C@@H](C#N)NC(O)[C@@H]2[C@H]3CCCC[C@H]3CN2C(=O)[C@@H](NC(=O)C(F)(F)F)C(C)(C)C)C(=O)N1. The Morgan fingerprint density at radius 3 is 2.39 bits per heavy atom.